The molecule has 27 heavy (non-hydrogen) atoms. The zero-order chi connectivity index (χ0) is 19.2. The normalized spacial score (nSPS) is 10.6. The minimum atomic E-state index is -0.320. The summed E-state index contributed by atoms with van der Waals surface area (Å²) >= 11 is 0. The van der Waals surface area contributed by atoms with Crippen LogP contribution in [0.3, 0.4) is 0 Å². The molecule has 0 radical (unpaired) electrons. The number of carbonyl (C=O) groups is 1. The molecule has 0 aliphatic carbocycles. The molecule has 0 fully saturated rings. The van der Waals surface area contributed by atoms with Crippen LogP contribution in [0.4, 0.5) is 5.82 Å². The van der Waals surface area contributed by atoms with Gasteiger partial charge in [-0.3, -0.25) is 4.79 Å². The van der Waals surface area contributed by atoms with E-state index in [1.54, 1.807) is 0 Å². The molecule has 1 heterocycles. The van der Waals surface area contributed by atoms with E-state index in [9.17, 15) is 4.79 Å². The molecule has 3 aromatic rings. The molecule has 6 heteroatoms. The van der Waals surface area contributed by atoms with Gasteiger partial charge in [-0.2, -0.15) is 0 Å². The summed E-state index contributed by atoms with van der Waals surface area (Å²) in [4.78, 5) is 12.3. The smallest absolute Gasteiger partial charge is 0.263 e. The number of aromatic nitrogens is 2. The van der Waals surface area contributed by atoms with Gasteiger partial charge in [0.05, 0.1) is 0 Å². The number of amides is 1. The number of hydrogen-bond donors (Lipinski definition) is 1. The Morgan fingerprint density at radius 1 is 1.11 bits per heavy atom. The van der Waals surface area contributed by atoms with E-state index in [-0.39, 0.29) is 12.5 Å². The highest BCUT2D eigenvalue weighted by atomic mass is 16.6. The SMILES string of the molecule is CCc1ccc(CC)c(-c2nonc2NC(=O)COc2ccccc2C)c1. The fourth-order valence-corrected chi connectivity index (χ4v) is 2.85. The molecule has 0 bridgehead atoms. The highest BCUT2D eigenvalue weighted by Crippen LogP contribution is 2.29. The summed E-state index contributed by atoms with van der Waals surface area (Å²) in [6.07, 6.45) is 1.75. The van der Waals surface area contributed by atoms with Crippen LogP contribution in [0, 0.1) is 6.92 Å². The van der Waals surface area contributed by atoms with Crippen LogP contribution in [0.25, 0.3) is 11.3 Å². The molecule has 0 saturated carbocycles. The summed E-state index contributed by atoms with van der Waals surface area (Å²) in [6.45, 7) is 5.98. The van der Waals surface area contributed by atoms with Crippen molar-refractivity contribution in [2.45, 2.75) is 33.6 Å². The van der Waals surface area contributed by atoms with E-state index in [0.29, 0.717) is 17.3 Å². The van der Waals surface area contributed by atoms with Crippen molar-refractivity contribution in [1.82, 2.24) is 10.3 Å². The lowest BCUT2D eigenvalue weighted by molar-refractivity contribution is -0.118. The molecule has 140 valence electrons. The number of hydrogen-bond acceptors (Lipinski definition) is 5. The van der Waals surface area contributed by atoms with Crippen LogP contribution in [0.2, 0.25) is 0 Å². The first kappa shape index (κ1) is 18.6. The highest BCUT2D eigenvalue weighted by molar-refractivity contribution is 5.94. The van der Waals surface area contributed by atoms with Gasteiger partial charge in [0.2, 0.25) is 5.82 Å². The Hall–Kier alpha value is -3.15. The molecule has 0 unspecified atom stereocenters. The van der Waals surface area contributed by atoms with Gasteiger partial charge >= 0.3 is 0 Å². The lowest BCUT2D eigenvalue weighted by Gasteiger charge is -2.10. The Morgan fingerprint density at radius 3 is 2.67 bits per heavy atom. The number of ether oxygens (including phenoxy) is 1. The Morgan fingerprint density at radius 2 is 1.93 bits per heavy atom. The molecular formula is C21H23N3O3. The van der Waals surface area contributed by atoms with E-state index in [0.717, 1.165) is 29.5 Å². The molecule has 1 N–H and O–H groups in total. The molecule has 1 aromatic heterocycles. The minimum absolute atomic E-state index is 0.118. The van der Waals surface area contributed by atoms with Crippen molar-refractivity contribution in [3.8, 4) is 17.0 Å². The van der Waals surface area contributed by atoms with Crippen LogP contribution in [0.15, 0.2) is 47.1 Å². The maximum absolute atomic E-state index is 12.3. The van der Waals surface area contributed by atoms with Gasteiger partial charge in [0.15, 0.2) is 12.3 Å². The van der Waals surface area contributed by atoms with Gasteiger partial charge in [0.1, 0.15) is 5.75 Å². The average Bonchev–Trinajstić information content (AvgIpc) is 3.14. The summed E-state index contributed by atoms with van der Waals surface area (Å²) in [5.74, 6) is 0.659. The zero-order valence-corrected chi connectivity index (χ0v) is 15.8. The van der Waals surface area contributed by atoms with Gasteiger partial charge in [-0.15, -0.1) is 0 Å². The molecular weight excluding hydrogens is 342 g/mol. The van der Waals surface area contributed by atoms with Crippen LogP contribution in [-0.4, -0.2) is 22.8 Å². The van der Waals surface area contributed by atoms with Gasteiger partial charge in [0.25, 0.3) is 5.91 Å². The fourth-order valence-electron chi connectivity index (χ4n) is 2.85. The van der Waals surface area contributed by atoms with E-state index in [2.05, 4.69) is 47.7 Å². The maximum atomic E-state index is 12.3. The summed E-state index contributed by atoms with van der Waals surface area (Å²) in [7, 11) is 0. The Bertz CT molecular complexity index is 934. The van der Waals surface area contributed by atoms with Gasteiger partial charge in [0, 0.05) is 5.56 Å². The minimum Gasteiger partial charge on any atom is -0.483 e. The number of rotatable bonds is 7. The number of nitrogens with zero attached hydrogens (tertiary/aromatic N) is 2. The Labute approximate surface area is 158 Å². The quantitative estimate of drug-likeness (QED) is 0.679. The van der Waals surface area contributed by atoms with Gasteiger partial charge in [-0.25, -0.2) is 4.63 Å². The largest absolute Gasteiger partial charge is 0.483 e. The average molecular weight is 365 g/mol. The van der Waals surface area contributed by atoms with Crippen molar-refractivity contribution >= 4 is 11.7 Å². The number of anilines is 1. The van der Waals surface area contributed by atoms with Crippen molar-refractivity contribution in [3.05, 3.63) is 59.2 Å². The van der Waals surface area contributed by atoms with Crippen molar-refractivity contribution in [2.24, 2.45) is 0 Å². The molecule has 6 nitrogen and oxygen atoms in total. The lowest BCUT2D eigenvalue weighted by atomic mass is 9.98. The first-order chi connectivity index (χ1) is 13.1. The summed E-state index contributed by atoms with van der Waals surface area (Å²) < 4.78 is 10.5. The molecule has 2 aromatic carbocycles. The summed E-state index contributed by atoms with van der Waals surface area (Å²) in [5, 5.41) is 10.6. The third kappa shape index (κ3) is 4.34. The lowest BCUT2D eigenvalue weighted by Crippen LogP contribution is -2.21. The standard InChI is InChI=1S/C21H23N3O3/c1-4-15-10-11-16(5-2)17(12-15)20-21(24-27-23-20)22-19(25)13-26-18-9-7-6-8-14(18)3/h6-12H,4-5,13H2,1-3H3,(H,22,24,25). The molecule has 0 saturated heterocycles. The van der Waals surface area contributed by atoms with E-state index in [1.165, 1.54) is 5.56 Å². The molecule has 1 amide bonds. The van der Waals surface area contributed by atoms with E-state index in [4.69, 9.17) is 9.37 Å². The summed E-state index contributed by atoms with van der Waals surface area (Å²) in [6, 6.07) is 13.8. The second-order valence-electron chi connectivity index (χ2n) is 6.26. The van der Waals surface area contributed by atoms with Gasteiger partial charge < -0.3 is 10.1 Å². The van der Waals surface area contributed by atoms with Crippen molar-refractivity contribution < 1.29 is 14.2 Å². The third-order valence-electron chi connectivity index (χ3n) is 4.42. The van der Waals surface area contributed by atoms with Gasteiger partial charge in [-0.1, -0.05) is 44.2 Å². The molecule has 0 aliphatic rings. The number of nitrogens with one attached hydrogen (secondary N) is 1. The number of benzene rings is 2. The second kappa shape index (κ2) is 8.49. The topological polar surface area (TPSA) is 77.3 Å². The van der Waals surface area contributed by atoms with E-state index >= 15 is 0 Å². The molecule has 0 aliphatic heterocycles. The third-order valence-corrected chi connectivity index (χ3v) is 4.42. The van der Waals surface area contributed by atoms with Crippen molar-refractivity contribution in [1.29, 1.82) is 0 Å². The Kier molecular flexibility index (Phi) is 5.86. The van der Waals surface area contributed by atoms with E-state index in [1.807, 2.05) is 31.2 Å². The summed E-state index contributed by atoms with van der Waals surface area (Å²) in [5.41, 5.74) is 4.73. The van der Waals surface area contributed by atoms with Crippen LogP contribution >= 0.6 is 0 Å². The van der Waals surface area contributed by atoms with Crippen molar-refractivity contribution in [2.75, 3.05) is 11.9 Å². The van der Waals surface area contributed by atoms with Crippen molar-refractivity contribution in [3.63, 3.8) is 0 Å². The highest BCUT2D eigenvalue weighted by Gasteiger charge is 2.18. The number of para-hydroxylation sites is 1. The fraction of sp³-hybridized carbons (Fsp3) is 0.286. The first-order valence-electron chi connectivity index (χ1n) is 9.05. The predicted molar refractivity (Wildman–Crippen MR) is 104 cm³/mol. The molecule has 0 atom stereocenters. The predicted octanol–water partition coefficient (Wildman–Crippen LogP) is 4.19. The number of aryl methyl sites for hydroxylation is 3. The number of carbonyl (C=O) groups excluding carboxylic acids is 1. The maximum Gasteiger partial charge on any atom is 0.263 e. The van der Waals surface area contributed by atoms with E-state index < -0.39 is 0 Å². The van der Waals surface area contributed by atoms with Gasteiger partial charge in [-0.05, 0) is 58.9 Å². The van der Waals surface area contributed by atoms with Crippen LogP contribution in [0.1, 0.15) is 30.5 Å². The second-order valence-corrected chi connectivity index (χ2v) is 6.26. The van der Waals surface area contributed by atoms with Crippen LogP contribution in [-0.2, 0) is 17.6 Å². The monoisotopic (exact) mass is 365 g/mol. The zero-order valence-electron chi connectivity index (χ0n) is 15.8. The first-order valence-corrected chi connectivity index (χ1v) is 9.05. The molecule has 0 spiro atoms. The van der Waals surface area contributed by atoms with Crippen LogP contribution < -0.4 is 10.1 Å². The molecule has 3 rings (SSSR count). The van der Waals surface area contributed by atoms with Crippen LogP contribution in [0.5, 0.6) is 5.75 Å². The Balaban J connectivity index is 1.76.